The standard InChI is InChI=1S/C25H28N2O4/c1-25(2,3)19-13-11-17(12-14-19)24(30)27-22(28)16-31-23(29)10-6-7-18-15-26-21-9-5-4-8-20(18)21/h4-5,8-9,11-15,26H,6-7,10,16H2,1-3H3,(H,27,28,30). The number of para-hydroxylation sites is 1. The van der Waals surface area contributed by atoms with E-state index in [0.717, 1.165) is 28.5 Å². The van der Waals surface area contributed by atoms with Gasteiger partial charge >= 0.3 is 5.97 Å². The fourth-order valence-corrected chi connectivity index (χ4v) is 3.34. The molecular weight excluding hydrogens is 392 g/mol. The minimum Gasteiger partial charge on any atom is -0.456 e. The van der Waals surface area contributed by atoms with Crippen molar-refractivity contribution >= 4 is 28.7 Å². The fourth-order valence-electron chi connectivity index (χ4n) is 3.34. The number of benzene rings is 2. The van der Waals surface area contributed by atoms with Crippen LogP contribution < -0.4 is 5.32 Å². The number of aromatic amines is 1. The van der Waals surface area contributed by atoms with Crippen LogP contribution in [0.2, 0.25) is 0 Å². The van der Waals surface area contributed by atoms with Crippen LogP contribution in [0.25, 0.3) is 10.9 Å². The van der Waals surface area contributed by atoms with E-state index in [2.05, 4.69) is 31.1 Å². The Morgan fingerprint density at radius 2 is 1.71 bits per heavy atom. The van der Waals surface area contributed by atoms with Crippen LogP contribution in [0.5, 0.6) is 0 Å². The Bertz CT molecular complexity index is 1070. The molecule has 2 amide bonds. The second kappa shape index (κ2) is 9.60. The Balaban J connectivity index is 1.39. The number of ether oxygens (including phenoxy) is 1. The summed E-state index contributed by atoms with van der Waals surface area (Å²) in [5, 5.41) is 3.39. The number of carbonyl (C=O) groups excluding carboxylic acids is 3. The van der Waals surface area contributed by atoms with Gasteiger partial charge < -0.3 is 9.72 Å². The molecule has 3 rings (SSSR count). The average Bonchev–Trinajstić information content (AvgIpc) is 3.15. The van der Waals surface area contributed by atoms with Crippen molar-refractivity contribution in [1.82, 2.24) is 10.3 Å². The van der Waals surface area contributed by atoms with E-state index >= 15 is 0 Å². The van der Waals surface area contributed by atoms with Gasteiger partial charge in [-0.05, 0) is 47.6 Å². The lowest BCUT2D eigenvalue weighted by atomic mass is 9.87. The SMILES string of the molecule is CC(C)(C)c1ccc(C(=O)NC(=O)COC(=O)CCCc2c[nH]c3ccccc23)cc1. The summed E-state index contributed by atoms with van der Waals surface area (Å²) in [6.07, 6.45) is 3.49. The monoisotopic (exact) mass is 420 g/mol. The number of aromatic nitrogens is 1. The molecule has 31 heavy (non-hydrogen) atoms. The summed E-state index contributed by atoms with van der Waals surface area (Å²) in [6.45, 7) is 5.78. The number of imide groups is 1. The number of fused-ring (bicyclic) bond motifs is 1. The van der Waals surface area contributed by atoms with Crippen molar-refractivity contribution in [1.29, 1.82) is 0 Å². The Labute approximate surface area is 182 Å². The molecule has 1 aromatic heterocycles. The first kappa shape index (κ1) is 22.3. The molecule has 0 aliphatic heterocycles. The van der Waals surface area contributed by atoms with Crippen molar-refractivity contribution in [2.24, 2.45) is 0 Å². The lowest BCUT2D eigenvalue weighted by molar-refractivity contribution is -0.148. The van der Waals surface area contributed by atoms with Gasteiger partial charge in [0.15, 0.2) is 6.61 Å². The molecule has 0 aliphatic rings. The van der Waals surface area contributed by atoms with E-state index in [1.807, 2.05) is 42.6 Å². The van der Waals surface area contributed by atoms with Crippen LogP contribution in [0.1, 0.15) is 55.1 Å². The molecule has 0 bridgehead atoms. The van der Waals surface area contributed by atoms with E-state index in [1.165, 1.54) is 0 Å². The first-order valence-electron chi connectivity index (χ1n) is 10.4. The highest BCUT2D eigenvalue weighted by molar-refractivity contribution is 6.05. The lowest BCUT2D eigenvalue weighted by Gasteiger charge is -2.18. The van der Waals surface area contributed by atoms with Gasteiger partial charge in [0.05, 0.1) is 0 Å². The number of carbonyl (C=O) groups is 3. The first-order chi connectivity index (χ1) is 14.7. The van der Waals surface area contributed by atoms with E-state index in [9.17, 15) is 14.4 Å². The molecular formula is C25H28N2O4. The van der Waals surface area contributed by atoms with Gasteiger partial charge in [0, 0.05) is 29.1 Å². The summed E-state index contributed by atoms with van der Waals surface area (Å²) in [4.78, 5) is 39.3. The normalized spacial score (nSPS) is 11.3. The molecule has 0 spiro atoms. The highest BCUT2D eigenvalue weighted by atomic mass is 16.5. The van der Waals surface area contributed by atoms with Crippen molar-refractivity contribution in [3.05, 3.63) is 71.4 Å². The number of aryl methyl sites for hydroxylation is 1. The Morgan fingerprint density at radius 3 is 2.42 bits per heavy atom. The third-order valence-electron chi connectivity index (χ3n) is 5.13. The van der Waals surface area contributed by atoms with Crippen molar-refractivity contribution in [2.75, 3.05) is 6.61 Å². The molecule has 2 aromatic carbocycles. The summed E-state index contributed by atoms with van der Waals surface area (Å²) in [6, 6.07) is 15.1. The van der Waals surface area contributed by atoms with Gasteiger partial charge in [-0.15, -0.1) is 0 Å². The summed E-state index contributed by atoms with van der Waals surface area (Å²) in [7, 11) is 0. The summed E-state index contributed by atoms with van der Waals surface area (Å²) >= 11 is 0. The third kappa shape index (κ3) is 6.04. The fraction of sp³-hybridized carbons (Fsp3) is 0.320. The maximum absolute atomic E-state index is 12.2. The lowest BCUT2D eigenvalue weighted by Crippen LogP contribution is -2.34. The van der Waals surface area contributed by atoms with E-state index in [4.69, 9.17) is 4.74 Å². The minimum absolute atomic E-state index is 0.0206. The number of nitrogens with one attached hydrogen (secondary N) is 2. The predicted molar refractivity (Wildman–Crippen MR) is 120 cm³/mol. The maximum atomic E-state index is 12.2. The average molecular weight is 421 g/mol. The molecule has 2 N–H and O–H groups in total. The molecule has 0 fully saturated rings. The Kier molecular flexibility index (Phi) is 6.90. The van der Waals surface area contributed by atoms with Crippen LogP contribution in [-0.2, 0) is 26.2 Å². The molecule has 0 unspecified atom stereocenters. The predicted octanol–water partition coefficient (Wildman–Crippen LogP) is 4.29. The molecule has 6 heteroatoms. The van der Waals surface area contributed by atoms with Gasteiger partial charge in [-0.3, -0.25) is 19.7 Å². The van der Waals surface area contributed by atoms with E-state index in [0.29, 0.717) is 12.0 Å². The molecule has 0 radical (unpaired) electrons. The van der Waals surface area contributed by atoms with Crippen molar-refractivity contribution in [3.63, 3.8) is 0 Å². The Morgan fingerprint density at radius 1 is 1.00 bits per heavy atom. The number of H-pyrrole nitrogens is 1. The first-order valence-corrected chi connectivity index (χ1v) is 10.4. The van der Waals surface area contributed by atoms with Crippen molar-refractivity contribution in [2.45, 2.75) is 45.4 Å². The zero-order valence-corrected chi connectivity index (χ0v) is 18.2. The number of esters is 1. The molecule has 3 aromatic rings. The summed E-state index contributed by atoms with van der Waals surface area (Å²) in [5.41, 5.74) is 3.66. The maximum Gasteiger partial charge on any atom is 0.306 e. The van der Waals surface area contributed by atoms with Gasteiger partial charge in [0.1, 0.15) is 0 Å². The topological polar surface area (TPSA) is 88.3 Å². The molecule has 0 saturated heterocycles. The second-order valence-corrected chi connectivity index (χ2v) is 8.58. The summed E-state index contributed by atoms with van der Waals surface area (Å²) < 4.78 is 5.00. The quantitative estimate of drug-likeness (QED) is 0.558. The highest BCUT2D eigenvalue weighted by Crippen LogP contribution is 2.22. The van der Waals surface area contributed by atoms with Gasteiger partial charge in [0.2, 0.25) is 0 Å². The third-order valence-corrected chi connectivity index (χ3v) is 5.13. The van der Waals surface area contributed by atoms with E-state index in [-0.39, 0.29) is 11.8 Å². The molecule has 162 valence electrons. The zero-order valence-electron chi connectivity index (χ0n) is 18.2. The Hall–Kier alpha value is -3.41. The molecule has 6 nitrogen and oxygen atoms in total. The van der Waals surface area contributed by atoms with Crippen LogP contribution in [-0.4, -0.2) is 29.4 Å². The number of hydrogen-bond donors (Lipinski definition) is 2. The van der Waals surface area contributed by atoms with E-state index in [1.54, 1.807) is 12.1 Å². The van der Waals surface area contributed by atoms with Gasteiger partial charge in [-0.25, -0.2) is 0 Å². The minimum atomic E-state index is -0.644. The smallest absolute Gasteiger partial charge is 0.306 e. The zero-order chi connectivity index (χ0) is 22.4. The van der Waals surface area contributed by atoms with Crippen LogP contribution in [0.4, 0.5) is 0 Å². The number of hydrogen-bond acceptors (Lipinski definition) is 4. The molecule has 0 saturated carbocycles. The highest BCUT2D eigenvalue weighted by Gasteiger charge is 2.16. The van der Waals surface area contributed by atoms with Crippen molar-refractivity contribution < 1.29 is 19.1 Å². The van der Waals surface area contributed by atoms with Gasteiger partial charge in [-0.1, -0.05) is 51.1 Å². The van der Waals surface area contributed by atoms with Crippen LogP contribution in [0, 0.1) is 0 Å². The second-order valence-electron chi connectivity index (χ2n) is 8.58. The van der Waals surface area contributed by atoms with Gasteiger partial charge in [-0.2, -0.15) is 0 Å². The molecule has 0 aliphatic carbocycles. The molecule has 1 heterocycles. The van der Waals surface area contributed by atoms with E-state index < -0.39 is 24.4 Å². The van der Waals surface area contributed by atoms with Crippen LogP contribution >= 0.6 is 0 Å². The largest absolute Gasteiger partial charge is 0.456 e. The van der Waals surface area contributed by atoms with Crippen LogP contribution in [0.15, 0.2) is 54.7 Å². The van der Waals surface area contributed by atoms with Crippen molar-refractivity contribution in [3.8, 4) is 0 Å². The molecule has 0 atom stereocenters. The number of rotatable bonds is 7. The van der Waals surface area contributed by atoms with Gasteiger partial charge in [0.25, 0.3) is 11.8 Å². The summed E-state index contributed by atoms with van der Waals surface area (Å²) in [5.74, 6) is -1.62. The van der Waals surface area contributed by atoms with Crippen LogP contribution in [0.3, 0.4) is 0 Å². The number of amides is 2.